The standard InChI is InChI=1S/C19H21NO2S/c1-21-18-10-9-15(14-19(18)22-2)11-13-23-20-12-5-7-16-6-3-4-8-17(16)20/h3-4,6,8-11,13-14H,5,7,12H2,1-2H3/b13-11+. The summed E-state index contributed by atoms with van der Waals surface area (Å²) in [6.07, 6.45) is 4.48. The third kappa shape index (κ3) is 3.64. The first-order valence-electron chi connectivity index (χ1n) is 7.72. The average Bonchev–Trinajstić information content (AvgIpc) is 2.61. The molecule has 4 heteroatoms. The lowest BCUT2D eigenvalue weighted by Crippen LogP contribution is -2.21. The Morgan fingerprint density at radius 1 is 1.04 bits per heavy atom. The van der Waals surface area contributed by atoms with Gasteiger partial charge in [-0.15, -0.1) is 0 Å². The van der Waals surface area contributed by atoms with Crippen LogP contribution in [0.5, 0.6) is 11.5 Å². The fraction of sp³-hybridized carbons (Fsp3) is 0.263. The number of fused-ring (bicyclic) bond motifs is 1. The summed E-state index contributed by atoms with van der Waals surface area (Å²) in [5.74, 6) is 1.50. The summed E-state index contributed by atoms with van der Waals surface area (Å²) in [5, 5.41) is 2.13. The van der Waals surface area contributed by atoms with Crippen LogP contribution in [0.15, 0.2) is 47.9 Å². The van der Waals surface area contributed by atoms with Gasteiger partial charge in [-0.3, -0.25) is 0 Å². The summed E-state index contributed by atoms with van der Waals surface area (Å²) in [4.78, 5) is 0. The van der Waals surface area contributed by atoms with E-state index in [0.29, 0.717) is 0 Å². The van der Waals surface area contributed by atoms with Crippen molar-refractivity contribution < 1.29 is 9.47 Å². The molecule has 23 heavy (non-hydrogen) atoms. The molecule has 0 N–H and O–H groups in total. The number of para-hydroxylation sites is 1. The number of rotatable bonds is 5. The number of methoxy groups -OCH3 is 2. The lowest BCUT2D eigenvalue weighted by molar-refractivity contribution is 0.355. The van der Waals surface area contributed by atoms with E-state index in [9.17, 15) is 0 Å². The molecule has 0 atom stereocenters. The first kappa shape index (κ1) is 15.8. The molecule has 3 rings (SSSR count). The van der Waals surface area contributed by atoms with Gasteiger partial charge in [0.15, 0.2) is 11.5 Å². The number of aryl methyl sites for hydroxylation is 1. The molecule has 120 valence electrons. The van der Waals surface area contributed by atoms with Crippen LogP contribution in [0, 0.1) is 0 Å². The van der Waals surface area contributed by atoms with Crippen molar-refractivity contribution in [3.8, 4) is 11.5 Å². The minimum absolute atomic E-state index is 0.752. The summed E-state index contributed by atoms with van der Waals surface area (Å²) in [5.41, 5.74) is 3.87. The quantitative estimate of drug-likeness (QED) is 0.737. The van der Waals surface area contributed by atoms with Gasteiger partial charge in [0.2, 0.25) is 0 Å². The molecule has 1 aliphatic rings. The second-order valence-electron chi connectivity index (χ2n) is 5.36. The smallest absolute Gasteiger partial charge is 0.161 e. The molecule has 1 heterocycles. The minimum Gasteiger partial charge on any atom is -0.493 e. The van der Waals surface area contributed by atoms with E-state index in [-0.39, 0.29) is 0 Å². The summed E-state index contributed by atoms with van der Waals surface area (Å²) in [6.45, 7) is 1.08. The highest BCUT2D eigenvalue weighted by Crippen LogP contribution is 2.33. The Morgan fingerprint density at radius 3 is 2.70 bits per heavy atom. The van der Waals surface area contributed by atoms with Gasteiger partial charge < -0.3 is 13.8 Å². The molecule has 2 aromatic rings. The highest BCUT2D eigenvalue weighted by molar-refractivity contribution is 8.03. The van der Waals surface area contributed by atoms with Crippen molar-refractivity contribution in [1.82, 2.24) is 0 Å². The Hall–Kier alpha value is -2.07. The van der Waals surface area contributed by atoms with Crippen molar-refractivity contribution in [2.45, 2.75) is 12.8 Å². The second kappa shape index (κ2) is 7.47. The number of ether oxygens (including phenoxy) is 2. The first-order valence-corrected chi connectivity index (χ1v) is 8.56. The van der Waals surface area contributed by atoms with Crippen LogP contribution in [0.25, 0.3) is 6.08 Å². The van der Waals surface area contributed by atoms with E-state index >= 15 is 0 Å². The monoisotopic (exact) mass is 327 g/mol. The van der Waals surface area contributed by atoms with Gasteiger partial charge in [0.25, 0.3) is 0 Å². The van der Waals surface area contributed by atoms with Gasteiger partial charge in [-0.1, -0.05) is 24.3 Å². The zero-order chi connectivity index (χ0) is 16.1. The Labute approximate surface area is 142 Å². The molecule has 0 saturated carbocycles. The first-order chi connectivity index (χ1) is 11.3. The van der Waals surface area contributed by atoms with Crippen LogP contribution in [-0.4, -0.2) is 20.8 Å². The third-order valence-electron chi connectivity index (χ3n) is 3.92. The van der Waals surface area contributed by atoms with E-state index in [0.717, 1.165) is 23.6 Å². The van der Waals surface area contributed by atoms with Crippen molar-refractivity contribution in [3.05, 3.63) is 59.0 Å². The van der Waals surface area contributed by atoms with Gasteiger partial charge in [0.05, 0.1) is 19.9 Å². The summed E-state index contributed by atoms with van der Waals surface area (Å²) >= 11 is 1.74. The van der Waals surface area contributed by atoms with E-state index in [1.54, 1.807) is 26.2 Å². The van der Waals surface area contributed by atoms with Gasteiger partial charge in [-0.05, 0) is 65.6 Å². The summed E-state index contributed by atoms with van der Waals surface area (Å²) in [7, 11) is 3.31. The number of hydrogen-bond donors (Lipinski definition) is 0. The molecular formula is C19H21NO2S. The largest absolute Gasteiger partial charge is 0.493 e. The number of hydrogen-bond acceptors (Lipinski definition) is 4. The van der Waals surface area contributed by atoms with Gasteiger partial charge in [0, 0.05) is 6.54 Å². The molecule has 0 radical (unpaired) electrons. The highest BCUT2D eigenvalue weighted by atomic mass is 32.2. The van der Waals surface area contributed by atoms with E-state index in [4.69, 9.17) is 9.47 Å². The Bertz CT molecular complexity index is 700. The molecular weight excluding hydrogens is 306 g/mol. The average molecular weight is 327 g/mol. The Morgan fingerprint density at radius 2 is 1.87 bits per heavy atom. The number of nitrogens with zero attached hydrogens (tertiary/aromatic N) is 1. The third-order valence-corrected chi connectivity index (χ3v) is 4.82. The Kier molecular flexibility index (Phi) is 5.13. The molecule has 0 saturated heterocycles. The molecule has 0 aromatic heterocycles. The summed E-state index contributed by atoms with van der Waals surface area (Å²) in [6, 6.07) is 14.6. The maximum Gasteiger partial charge on any atom is 0.161 e. The molecule has 0 spiro atoms. The van der Waals surface area contributed by atoms with Gasteiger partial charge >= 0.3 is 0 Å². The van der Waals surface area contributed by atoms with Crippen LogP contribution in [-0.2, 0) is 6.42 Å². The molecule has 0 aliphatic carbocycles. The van der Waals surface area contributed by atoms with E-state index in [1.165, 1.54) is 24.1 Å². The van der Waals surface area contributed by atoms with Crippen LogP contribution < -0.4 is 13.8 Å². The zero-order valence-electron chi connectivity index (χ0n) is 13.5. The van der Waals surface area contributed by atoms with Crippen LogP contribution in [0.1, 0.15) is 17.5 Å². The fourth-order valence-corrected chi connectivity index (χ4v) is 3.64. The lowest BCUT2D eigenvalue weighted by atomic mass is 10.0. The molecule has 0 bridgehead atoms. The van der Waals surface area contributed by atoms with Crippen LogP contribution in [0.2, 0.25) is 0 Å². The van der Waals surface area contributed by atoms with Gasteiger partial charge in [0.1, 0.15) is 0 Å². The van der Waals surface area contributed by atoms with Crippen molar-refractivity contribution in [3.63, 3.8) is 0 Å². The summed E-state index contributed by atoms with van der Waals surface area (Å²) < 4.78 is 13.0. The van der Waals surface area contributed by atoms with Gasteiger partial charge in [-0.25, -0.2) is 0 Å². The van der Waals surface area contributed by atoms with E-state index < -0.39 is 0 Å². The lowest BCUT2D eigenvalue weighted by Gasteiger charge is -2.28. The highest BCUT2D eigenvalue weighted by Gasteiger charge is 2.15. The topological polar surface area (TPSA) is 21.7 Å². The molecule has 3 nitrogen and oxygen atoms in total. The molecule has 0 amide bonds. The number of benzene rings is 2. The number of anilines is 1. The Balaban J connectivity index is 1.70. The van der Waals surface area contributed by atoms with E-state index in [2.05, 4.69) is 40.1 Å². The molecule has 1 aliphatic heterocycles. The predicted molar refractivity (Wildman–Crippen MR) is 98.3 cm³/mol. The van der Waals surface area contributed by atoms with Crippen molar-refractivity contribution in [2.75, 3.05) is 25.1 Å². The predicted octanol–water partition coefficient (Wildman–Crippen LogP) is 4.78. The van der Waals surface area contributed by atoms with Crippen molar-refractivity contribution >= 4 is 23.7 Å². The van der Waals surface area contributed by atoms with Crippen LogP contribution in [0.3, 0.4) is 0 Å². The van der Waals surface area contributed by atoms with Crippen molar-refractivity contribution in [2.24, 2.45) is 0 Å². The molecule has 0 fully saturated rings. The second-order valence-corrected chi connectivity index (χ2v) is 6.28. The minimum atomic E-state index is 0.752. The van der Waals surface area contributed by atoms with Crippen LogP contribution >= 0.6 is 11.9 Å². The fourth-order valence-electron chi connectivity index (χ4n) is 2.75. The van der Waals surface area contributed by atoms with E-state index in [1.807, 2.05) is 18.2 Å². The normalized spacial score (nSPS) is 13.9. The maximum atomic E-state index is 5.34. The van der Waals surface area contributed by atoms with Crippen LogP contribution in [0.4, 0.5) is 5.69 Å². The maximum absolute atomic E-state index is 5.34. The molecule has 2 aromatic carbocycles. The van der Waals surface area contributed by atoms with Crippen molar-refractivity contribution in [1.29, 1.82) is 0 Å². The SMILES string of the molecule is COc1ccc(/C=C/SN2CCCc3ccccc32)cc1OC. The zero-order valence-corrected chi connectivity index (χ0v) is 14.3. The van der Waals surface area contributed by atoms with Gasteiger partial charge in [-0.2, -0.15) is 0 Å². The molecule has 0 unspecified atom stereocenters.